The van der Waals surface area contributed by atoms with Crippen molar-refractivity contribution >= 4 is 5.97 Å². The third-order valence-corrected chi connectivity index (χ3v) is 2.77. The van der Waals surface area contributed by atoms with Gasteiger partial charge in [-0.1, -0.05) is 42.5 Å². The number of aliphatic carboxylic acids is 1. The Balaban J connectivity index is 2.17. The first-order valence-corrected chi connectivity index (χ1v) is 5.72. The maximum atomic E-state index is 13.6. The zero-order valence-corrected chi connectivity index (χ0v) is 9.77. The van der Waals surface area contributed by atoms with Crippen LogP contribution in [-0.4, -0.2) is 11.1 Å². The van der Waals surface area contributed by atoms with Crippen LogP contribution in [0.2, 0.25) is 0 Å². The molecule has 0 heterocycles. The summed E-state index contributed by atoms with van der Waals surface area (Å²) in [6, 6.07) is 13.9. The topological polar surface area (TPSA) is 37.3 Å². The lowest BCUT2D eigenvalue weighted by atomic mass is 10.0. The van der Waals surface area contributed by atoms with E-state index in [4.69, 9.17) is 5.11 Å². The second-order valence-corrected chi connectivity index (χ2v) is 4.07. The fraction of sp³-hybridized carbons (Fsp3) is 0.133. The summed E-state index contributed by atoms with van der Waals surface area (Å²) in [6.07, 6.45) is 0.603. The molecule has 0 atom stereocenters. The molecule has 0 spiro atoms. The molecule has 2 aromatic carbocycles. The molecule has 0 fully saturated rings. The van der Waals surface area contributed by atoms with Crippen molar-refractivity contribution in [3.63, 3.8) is 0 Å². The monoisotopic (exact) mass is 244 g/mol. The molecule has 0 amide bonds. The Bertz CT molecular complexity index is 547. The molecule has 2 nitrogen and oxygen atoms in total. The molecule has 0 saturated carbocycles. The Morgan fingerprint density at radius 3 is 2.33 bits per heavy atom. The van der Waals surface area contributed by atoms with Gasteiger partial charge in [0.15, 0.2) is 0 Å². The fourth-order valence-corrected chi connectivity index (χ4v) is 1.80. The van der Waals surface area contributed by atoms with Crippen molar-refractivity contribution in [3.05, 3.63) is 59.9 Å². The average Bonchev–Trinajstić information content (AvgIpc) is 2.38. The number of hydrogen-bond acceptors (Lipinski definition) is 1. The molecule has 0 aliphatic heterocycles. The number of benzene rings is 2. The van der Waals surface area contributed by atoms with Gasteiger partial charge < -0.3 is 5.11 Å². The van der Waals surface area contributed by atoms with Gasteiger partial charge in [-0.3, -0.25) is 4.79 Å². The molecule has 2 aromatic rings. The van der Waals surface area contributed by atoms with Crippen LogP contribution in [-0.2, 0) is 11.2 Å². The number of halogens is 1. The van der Waals surface area contributed by atoms with E-state index >= 15 is 0 Å². The van der Waals surface area contributed by atoms with E-state index in [0.717, 1.165) is 11.1 Å². The van der Waals surface area contributed by atoms with Crippen LogP contribution < -0.4 is 0 Å². The molecule has 0 bridgehead atoms. The lowest BCUT2D eigenvalue weighted by Gasteiger charge is -2.04. The highest BCUT2D eigenvalue weighted by atomic mass is 19.1. The highest BCUT2D eigenvalue weighted by molar-refractivity contribution is 5.67. The first-order chi connectivity index (χ1) is 8.66. The molecular weight excluding hydrogens is 231 g/mol. The van der Waals surface area contributed by atoms with E-state index in [9.17, 15) is 9.18 Å². The Hall–Kier alpha value is -2.16. The first kappa shape index (κ1) is 12.3. The van der Waals surface area contributed by atoms with Crippen molar-refractivity contribution in [2.75, 3.05) is 0 Å². The third-order valence-electron chi connectivity index (χ3n) is 2.77. The summed E-state index contributed by atoms with van der Waals surface area (Å²) in [5.74, 6) is -1.07. The van der Waals surface area contributed by atoms with Crippen molar-refractivity contribution in [1.29, 1.82) is 0 Å². The molecular formula is C15H13FO2. The summed E-state index contributed by atoms with van der Waals surface area (Å²) in [5, 5.41) is 8.59. The molecule has 0 unspecified atom stereocenters. The summed E-state index contributed by atoms with van der Waals surface area (Å²) < 4.78 is 13.6. The van der Waals surface area contributed by atoms with Crippen LogP contribution in [0.15, 0.2) is 48.5 Å². The molecule has 0 radical (unpaired) electrons. The minimum Gasteiger partial charge on any atom is -0.481 e. The SMILES string of the molecule is O=C(O)CCc1ccc(-c2ccccc2F)cc1. The van der Waals surface area contributed by atoms with Gasteiger partial charge in [0.1, 0.15) is 5.82 Å². The van der Waals surface area contributed by atoms with E-state index < -0.39 is 5.97 Å². The van der Waals surface area contributed by atoms with Gasteiger partial charge in [-0.15, -0.1) is 0 Å². The Labute approximate surface area is 105 Å². The molecule has 3 heteroatoms. The van der Waals surface area contributed by atoms with Gasteiger partial charge in [-0.05, 0) is 23.6 Å². The number of carboxylic acid groups (broad SMARTS) is 1. The quantitative estimate of drug-likeness (QED) is 0.893. The van der Waals surface area contributed by atoms with Gasteiger partial charge in [-0.2, -0.15) is 0 Å². The van der Waals surface area contributed by atoms with Crippen LogP contribution in [0.5, 0.6) is 0 Å². The molecule has 0 aliphatic rings. The van der Waals surface area contributed by atoms with Crippen LogP contribution in [0.25, 0.3) is 11.1 Å². The van der Waals surface area contributed by atoms with E-state index in [1.165, 1.54) is 6.07 Å². The lowest BCUT2D eigenvalue weighted by Crippen LogP contribution is -1.97. The summed E-state index contributed by atoms with van der Waals surface area (Å²) in [5.41, 5.74) is 2.30. The minimum atomic E-state index is -0.812. The molecule has 18 heavy (non-hydrogen) atoms. The van der Waals surface area contributed by atoms with E-state index in [0.29, 0.717) is 12.0 Å². The maximum absolute atomic E-state index is 13.6. The van der Waals surface area contributed by atoms with Gasteiger partial charge >= 0.3 is 5.97 Å². The molecule has 2 rings (SSSR count). The summed E-state index contributed by atoms with van der Waals surface area (Å²) in [4.78, 5) is 10.5. The van der Waals surface area contributed by atoms with Crippen molar-refractivity contribution in [2.45, 2.75) is 12.8 Å². The van der Waals surface area contributed by atoms with E-state index in [-0.39, 0.29) is 12.2 Å². The fourth-order valence-electron chi connectivity index (χ4n) is 1.80. The van der Waals surface area contributed by atoms with Crippen molar-refractivity contribution < 1.29 is 14.3 Å². The van der Waals surface area contributed by atoms with E-state index in [2.05, 4.69) is 0 Å². The molecule has 0 aromatic heterocycles. The van der Waals surface area contributed by atoms with Crippen LogP contribution in [0.1, 0.15) is 12.0 Å². The molecule has 0 saturated heterocycles. The van der Waals surface area contributed by atoms with Gasteiger partial charge in [0.2, 0.25) is 0 Å². The Morgan fingerprint density at radius 1 is 1.06 bits per heavy atom. The van der Waals surface area contributed by atoms with Crippen molar-refractivity contribution in [3.8, 4) is 11.1 Å². The number of carbonyl (C=O) groups is 1. The van der Waals surface area contributed by atoms with E-state index in [1.807, 2.05) is 24.3 Å². The van der Waals surface area contributed by atoms with Crippen molar-refractivity contribution in [2.24, 2.45) is 0 Å². The van der Waals surface area contributed by atoms with Crippen LogP contribution in [0.3, 0.4) is 0 Å². The van der Waals surface area contributed by atoms with Crippen molar-refractivity contribution in [1.82, 2.24) is 0 Å². The normalized spacial score (nSPS) is 10.3. The summed E-state index contributed by atoms with van der Waals surface area (Å²) >= 11 is 0. The smallest absolute Gasteiger partial charge is 0.303 e. The first-order valence-electron chi connectivity index (χ1n) is 5.72. The summed E-state index contributed by atoms with van der Waals surface area (Å²) in [7, 11) is 0. The standard InChI is InChI=1S/C15H13FO2/c16-14-4-2-1-3-13(14)12-8-5-11(6-9-12)7-10-15(17)18/h1-6,8-9H,7,10H2,(H,17,18). The highest BCUT2D eigenvalue weighted by Crippen LogP contribution is 2.22. The number of carboxylic acids is 1. The third kappa shape index (κ3) is 2.94. The lowest BCUT2D eigenvalue weighted by molar-refractivity contribution is -0.136. The predicted molar refractivity (Wildman–Crippen MR) is 67.8 cm³/mol. The number of aryl methyl sites for hydroxylation is 1. The average molecular weight is 244 g/mol. The van der Waals surface area contributed by atoms with Crippen LogP contribution >= 0.6 is 0 Å². The zero-order valence-electron chi connectivity index (χ0n) is 9.77. The number of rotatable bonds is 4. The van der Waals surface area contributed by atoms with Gasteiger partial charge in [0.25, 0.3) is 0 Å². The predicted octanol–water partition coefficient (Wildman–Crippen LogP) is 3.51. The second-order valence-electron chi connectivity index (χ2n) is 4.07. The number of hydrogen-bond donors (Lipinski definition) is 1. The summed E-state index contributed by atoms with van der Waals surface area (Å²) in [6.45, 7) is 0. The molecule has 92 valence electrons. The highest BCUT2D eigenvalue weighted by Gasteiger charge is 2.04. The second kappa shape index (κ2) is 5.45. The van der Waals surface area contributed by atoms with Crippen LogP contribution in [0.4, 0.5) is 4.39 Å². The van der Waals surface area contributed by atoms with Gasteiger partial charge in [-0.25, -0.2) is 4.39 Å². The minimum absolute atomic E-state index is 0.110. The Kier molecular flexibility index (Phi) is 3.72. The van der Waals surface area contributed by atoms with E-state index in [1.54, 1.807) is 18.2 Å². The van der Waals surface area contributed by atoms with Crippen LogP contribution in [0, 0.1) is 5.82 Å². The largest absolute Gasteiger partial charge is 0.481 e. The molecule has 1 N–H and O–H groups in total. The van der Waals surface area contributed by atoms with Gasteiger partial charge in [0, 0.05) is 12.0 Å². The maximum Gasteiger partial charge on any atom is 0.303 e. The molecule has 0 aliphatic carbocycles. The van der Waals surface area contributed by atoms with Gasteiger partial charge in [0.05, 0.1) is 0 Å². The zero-order chi connectivity index (χ0) is 13.0. The Morgan fingerprint density at radius 2 is 1.72 bits per heavy atom.